The zero-order valence-electron chi connectivity index (χ0n) is 12.3. The number of benzene rings is 2. The monoisotopic (exact) mass is 371 g/mol. The Kier molecular flexibility index (Phi) is 4.68. The Morgan fingerprint density at radius 2 is 1.83 bits per heavy atom. The van der Waals surface area contributed by atoms with Crippen LogP contribution in [0.5, 0.6) is 5.75 Å². The van der Waals surface area contributed by atoms with E-state index in [1.165, 1.54) is 0 Å². The van der Waals surface area contributed by atoms with E-state index in [4.69, 9.17) is 4.74 Å². The van der Waals surface area contributed by atoms with Gasteiger partial charge in [-0.1, -0.05) is 22.0 Å². The largest absolute Gasteiger partial charge is 0.497 e. The highest BCUT2D eigenvalue weighted by Crippen LogP contribution is 2.21. The van der Waals surface area contributed by atoms with E-state index in [2.05, 4.69) is 41.7 Å². The average Bonchev–Trinajstić information content (AvgIpc) is 2.56. The molecule has 2 N–H and O–H groups in total. The van der Waals surface area contributed by atoms with Crippen molar-refractivity contribution in [2.24, 2.45) is 0 Å². The molecule has 3 aromatic rings. The molecule has 23 heavy (non-hydrogen) atoms. The minimum absolute atomic E-state index is 0.412. The maximum Gasteiger partial charge on any atom is 0.249 e. The lowest BCUT2D eigenvalue weighted by molar-refractivity contribution is 0.415. The number of rotatable bonds is 5. The Balaban J connectivity index is 1.74. The first kappa shape index (κ1) is 15.2. The predicted molar refractivity (Wildman–Crippen MR) is 93.5 cm³/mol. The Labute approximate surface area is 142 Å². The van der Waals surface area contributed by atoms with Gasteiger partial charge in [0.2, 0.25) is 5.95 Å². The van der Waals surface area contributed by atoms with Gasteiger partial charge >= 0.3 is 0 Å². The lowest BCUT2D eigenvalue weighted by atomic mass is 10.3. The van der Waals surface area contributed by atoms with Gasteiger partial charge in [-0.15, -0.1) is 5.10 Å². The van der Waals surface area contributed by atoms with Crippen molar-refractivity contribution in [1.29, 1.82) is 0 Å². The first-order valence-corrected chi connectivity index (χ1v) is 7.65. The van der Waals surface area contributed by atoms with E-state index in [9.17, 15) is 0 Å². The average molecular weight is 372 g/mol. The number of ether oxygens (including phenoxy) is 1. The third-order valence-corrected chi connectivity index (χ3v) is 3.50. The number of anilines is 4. The molecule has 0 amide bonds. The molecule has 0 saturated heterocycles. The lowest BCUT2D eigenvalue weighted by Crippen LogP contribution is -2.02. The molecular weight excluding hydrogens is 358 g/mol. The molecule has 2 aromatic carbocycles. The zero-order chi connectivity index (χ0) is 16.1. The molecule has 0 unspecified atom stereocenters. The van der Waals surface area contributed by atoms with Crippen LogP contribution < -0.4 is 15.4 Å². The van der Waals surface area contributed by atoms with Crippen LogP contribution in [-0.4, -0.2) is 22.3 Å². The molecule has 116 valence electrons. The molecule has 0 spiro atoms. The quantitative estimate of drug-likeness (QED) is 0.702. The van der Waals surface area contributed by atoms with Gasteiger partial charge in [0.1, 0.15) is 5.75 Å². The summed E-state index contributed by atoms with van der Waals surface area (Å²) in [5.41, 5.74) is 1.77. The van der Waals surface area contributed by atoms with Crippen molar-refractivity contribution in [3.63, 3.8) is 0 Å². The van der Waals surface area contributed by atoms with Crippen molar-refractivity contribution in [1.82, 2.24) is 15.2 Å². The molecule has 0 bridgehead atoms. The van der Waals surface area contributed by atoms with Crippen molar-refractivity contribution >= 4 is 39.1 Å². The summed E-state index contributed by atoms with van der Waals surface area (Å²) in [6.07, 6.45) is 1.57. The molecule has 7 heteroatoms. The van der Waals surface area contributed by atoms with Crippen LogP contribution in [0.3, 0.4) is 0 Å². The summed E-state index contributed by atoms with van der Waals surface area (Å²) in [6.45, 7) is 0. The Morgan fingerprint density at radius 3 is 2.57 bits per heavy atom. The molecule has 0 aliphatic rings. The standard InChI is InChI=1S/C16H14BrN5O/c1-23-14-7-5-12(6-8-14)20-16-21-15(10-18-22-16)19-13-4-2-3-11(17)9-13/h2-10H,1H3,(H2,19,20,21,22). The first-order chi connectivity index (χ1) is 11.2. The molecular formula is C16H14BrN5O. The molecule has 3 rings (SSSR count). The highest BCUT2D eigenvalue weighted by molar-refractivity contribution is 9.10. The molecule has 0 fully saturated rings. The highest BCUT2D eigenvalue weighted by atomic mass is 79.9. The van der Waals surface area contributed by atoms with E-state index in [1.807, 2.05) is 48.5 Å². The fraction of sp³-hybridized carbons (Fsp3) is 0.0625. The summed E-state index contributed by atoms with van der Waals surface area (Å²) >= 11 is 3.43. The van der Waals surface area contributed by atoms with Gasteiger partial charge in [-0.25, -0.2) is 0 Å². The molecule has 0 aliphatic carbocycles. The molecule has 1 heterocycles. The summed E-state index contributed by atoms with van der Waals surface area (Å²) in [5, 5.41) is 14.2. The van der Waals surface area contributed by atoms with Gasteiger partial charge < -0.3 is 15.4 Å². The number of aromatic nitrogens is 3. The normalized spacial score (nSPS) is 10.2. The van der Waals surface area contributed by atoms with Gasteiger partial charge in [-0.05, 0) is 42.5 Å². The van der Waals surface area contributed by atoms with Crippen LogP contribution in [0.25, 0.3) is 0 Å². The van der Waals surface area contributed by atoms with E-state index >= 15 is 0 Å². The van der Waals surface area contributed by atoms with Crippen LogP contribution in [-0.2, 0) is 0 Å². The summed E-state index contributed by atoms with van der Waals surface area (Å²) < 4.78 is 6.12. The Morgan fingerprint density at radius 1 is 1.00 bits per heavy atom. The minimum atomic E-state index is 0.412. The van der Waals surface area contributed by atoms with Crippen molar-refractivity contribution < 1.29 is 4.74 Å². The smallest absolute Gasteiger partial charge is 0.249 e. The third-order valence-electron chi connectivity index (χ3n) is 3.00. The van der Waals surface area contributed by atoms with E-state index < -0.39 is 0 Å². The second-order valence-electron chi connectivity index (χ2n) is 4.65. The van der Waals surface area contributed by atoms with Gasteiger partial charge in [0.15, 0.2) is 5.82 Å². The molecule has 1 aromatic heterocycles. The van der Waals surface area contributed by atoms with Crippen LogP contribution in [0, 0.1) is 0 Å². The topological polar surface area (TPSA) is 72.0 Å². The summed E-state index contributed by atoms with van der Waals surface area (Å²) in [4.78, 5) is 4.39. The van der Waals surface area contributed by atoms with E-state index in [0.717, 1.165) is 21.6 Å². The van der Waals surface area contributed by atoms with Crippen molar-refractivity contribution in [3.05, 3.63) is 59.2 Å². The number of halogens is 1. The highest BCUT2D eigenvalue weighted by Gasteiger charge is 2.03. The third kappa shape index (κ3) is 4.17. The van der Waals surface area contributed by atoms with Crippen molar-refractivity contribution in [3.8, 4) is 5.75 Å². The van der Waals surface area contributed by atoms with E-state index in [-0.39, 0.29) is 0 Å². The molecule has 0 atom stereocenters. The number of nitrogens with zero attached hydrogens (tertiary/aromatic N) is 3. The second-order valence-corrected chi connectivity index (χ2v) is 5.57. The minimum Gasteiger partial charge on any atom is -0.497 e. The van der Waals surface area contributed by atoms with Crippen molar-refractivity contribution in [2.75, 3.05) is 17.7 Å². The second kappa shape index (κ2) is 7.06. The Bertz CT molecular complexity index is 794. The maximum atomic E-state index is 5.13. The van der Waals surface area contributed by atoms with Crippen molar-refractivity contribution in [2.45, 2.75) is 0 Å². The SMILES string of the molecule is COc1ccc(Nc2nncc(Nc3cccc(Br)c3)n2)cc1. The van der Waals surface area contributed by atoms with Gasteiger partial charge in [-0.2, -0.15) is 10.1 Å². The van der Waals surface area contributed by atoms with Crippen LogP contribution in [0.1, 0.15) is 0 Å². The summed E-state index contributed by atoms with van der Waals surface area (Å²) in [7, 11) is 1.63. The number of hydrogen-bond acceptors (Lipinski definition) is 6. The molecule has 0 radical (unpaired) electrons. The lowest BCUT2D eigenvalue weighted by Gasteiger charge is -2.08. The number of nitrogens with one attached hydrogen (secondary N) is 2. The number of methoxy groups -OCH3 is 1. The van der Waals surface area contributed by atoms with Gasteiger partial charge in [-0.3, -0.25) is 0 Å². The predicted octanol–water partition coefficient (Wildman–Crippen LogP) is 4.13. The van der Waals surface area contributed by atoms with Crippen LogP contribution >= 0.6 is 15.9 Å². The van der Waals surface area contributed by atoms with Gasteiger partial charge in [0.25, 0.3) is 0 Å². The van der Waals surface area contributed by atoms with Gasteiger partial charge in [0, 0.05) is 15.8 Å². The fourth-order valence-corrected chi connectivity index (χ4v) is 2.33. The van der Waals surface area contributed by atoms with Crippen LogP contribution in [0.2, 0.25) is 0 Å². The van der Waals surface area contributed by atoms with Crippen LogP contribution in [0.15, 0.2) is 59.2 Å². The Hall–Kier alpha value is -2.67. The zero-order valence-corrected chi connectivity index (χ0v) is 13.9. The number of hydrogen-bond donors (Lipinski definition) is 2. The van der Waals surface area contributed by atoms with E-state index in [0.29, 0.717) is 11.8 Å². The first-order valence-electron chi connectivity index (χ1n) is 6.86. The molecule has 6 nitrogen and oxygen atoms in total. The molecule has 0 aliphatic heterocycles. The maximum absolute atomic E-state index is 5.13. The summed E-state index contributed by atoms with van der Waals surface area (Å²) in [5.74, 6) is 1.81. The summed E-state index contributed by atoms with van der Waals surface area (Å²) in [6, 6.07) is 15.3. The van der Waals surface area contributed by atoms with Gasteiger partial charge in [0.05, 0.1) is 13.3 Å². The fourth-order valence-electron chi connectivity index (χ4n) is 1.93. The van der Waals surface area contributed by atoms with E-state index in [1.54, 1.807) is 13.3 Å². The van der Waals surface area contributed by atoms with Crippen LogP contribution in [0.4, 0.5) is 23.1 Å². The molecule has 0 saturated carbocycles.